The number of nitrogens with zero attached hydrogens (tertiary/aromatic N) is 2. The van der Waals surface area contributed by atoms with Crippen molar-refractivity contribution in [1.29, 1.82) is 0 Å². The second kappa shape index (κ2) is 7.22. The first-order valence-corrected chi connectivity index (χ1v) is 7.60. The van der Waals surface area contributed by atoms with E-state index < -0.39 is 6.10 Å². The number of carbonyl (C=O) groups is 1. The normalized spacial score (nSPS) is 13.6. The highest BCUT2D eigenvalue weighted by atomic mass is 16.3. The summed E-state index contributed by atoms with van der Waals surface area (Å²) in [4.78, 5) is 12.2. The van der Waals surface area contributed by atoms with Crippen LogP contribution in [0, 0.1) is 12.8 Å². The number of nitrogens with one attached hydrogen (secondary N) is 1. The van der Waals surface area contributed by atoms with Crippen LogP contribution in [0.4, 0.5) is 0 Å². The van der Waals surface area contributed by atoms with Crippen molar-refractivity contribution in [2.75, 3.05) is 6.54 Å². The van der Waals surface area contributed by atoms with Gasteiger partial charge in [0.05, 0.1) is 23.0 Å². The number of amides is 1. The van der Waals surface area contributed by atoms with E-state index in [1.165, 1.54) is 0 Å². The van der Waals surface area contributed by atoms with Gasteiger partial charge in [0.15, 0.2) is 0 Å². The number of hydrogen-bond donors (Lipinski definition) is 2. The summed E-state index contributed by atoms with van der Waals surface area (Å²) in [5, 5.41) is 17.1. The number of rotatable bonds is 6. The van der Waals surface area contributed by atoms with Gasteiger partial charge in [-0.15, -0.1) is 0 Å². The molecule has 5 nitrogen and oxygen atoms in total. The van der Waals surface area contributed by atoms with E-state index in [0.717, 1.165) is 12.1 Å². The lowest BCUT2D eigenvalue weighted by Crippen LogP contribution is -2.35. The molecule has 2 rings (SSSR count). The Morgan fingerprint density at radius 2 is 2.05 bits per heavy atom. The Bertz CT molecular complexity index is 622. The molecule has 0 aliphatic heterocycles. The van der Waals surface area contributed by atoms with Crippen LogP contribution in [0.15, 0.2) is 36.5 Å². The first-order valence-electron chi connectivity index (χ1n) is 7.60. The fraction of sp³-hybridized carbons (Fsp3) is 0.412. The topological polar surface area (TPSA) is 67.2 Å². The molecule has 0 fully saturated rings. The van der Waals surface area contributed by atoms with Gasteiger partial charge < -0.3 is 10.4 Å². The molecule has 0 saturated carbocycles. The molecule has 0 saturated heterocycles. The van der Waals surface area contributed by atoms with E-state index in [0.29, 0.717) is 11.3 Å². The predicted octanol–water partition coefficient (Wildman–Crippen LogP) is 2.32. The molecule has 2 unspecified atom stereocenters. The molecule has 0 aliphatic carbocycles. The van der Waals surface area contributed by atoms with Crippen molar-refractivity contribution in [2.24, 2.45) is 5.92 Å². The Hall–Kier alpha value is -2.14. The van der Waals surface area contributed by atoms with Crippen molar-refractivity contribution in [3.05, 3.63) is 47.8 Å². The number of carbonyl (C=O) groups excluding carboxylic acids is 1. The first kappa shape index (κ1) is 16.2. The Morgan fingerprint density at radius 1 is 1.36 bits per heavy atom. The summed E-state index contributed by atoms with van der Waals surface area (Å²) >= 11 is 0. The van der Waals surface area contributed by atoms with Crippen molar-refractivity contribution in [1.82, 2.24) is 15.1 Å². The minimum atomic E-state index is -0.529. The summed E-state index contributed by atoms with van der Waals surface area (Å²) in [7, 11) is 0. The minimum Gasteiger partial charge on any atom is -0.391 e. The maximum Gasteiger partial charge on any atom is 0.254 e. The number of aromatic nitrogens is 2. The third kappa shape index (κ3) is 3.74. The molecular weight excluding hydrogens is 278 g/mol. The Balaban J connectivity index is 2.06. The number of benzene rings is 1. The lowest BCUT2D eigenvalue weighted by molar-refractivity contribution is 0.0849. The average Bonchev–Trinajstić information content (AvgIpc) is 2.94. The fourth-order valence-corrected chi connectivity index (χ4v) is 2.16. The number of hydrogen-bond acceptors (Lipinski definition) is 3. The SMILES string of the molecule is CCC(C)C(O)CNC(=O)c1cn(-c2ccccc2)nc1C. The number of aryl methyl sites for hydroxylation is 1. The van der Waals surface area contributed by atoms with Crippen molar-refractivity contribution in [3.63, 3.8) is 0 Å². The maximum absolute atomic E-state index is 12.2. The molecule has 2 atom stereocenters. The summed E-state index contributed by atoms with van der Waals surface area (Å²) < 4.78 is 1.69. The van der Waals surface area contributed by atoms with Crippen LogP contribution in [0.5, 0.6) is 0 Å². The molecule has 0 spiro atoms. The second-order valence-corrected chi connectivity index (χ2v) is 5.57. The largest absolute Gasteiger partial charge is 0.391 e. The zero-order chi connectivity index (χ0) is 16.1. The first-order chi connectivity index (χ1) is 10.5. The van der Waals surface area contributed by atoms with Crippen LogP contribution < -0.4 is 5.32 Å². The quantitative estimate of drug-likeness (QED) is 0.860. The van der Waals surface area contributed by atoms with E-state index in [1.807, 2.05) is 44.2 Å². The van der Waals surface area contributed by atoms with Gasteiger partial charge in [0.1, 0.15) is 0 Å². The molecule has 0 radical (unpaired) electrons. The molecule has 1 aromatic carbocycles. The molecule has 0 aliphatic rings. The number of aliphatic hydroxyl groups excluding tert-OH is 1. The van der Waals surface area contributed by atoms with Gasteiger partial charge in [0, 0.05) is 12.7 Å². The summed E-state index contributed by atoms with van der Waals surface area (Å²) in [5.74, 6) is -0.0459. The molecule has 5 heteroatoms. The van der Waals surface area contributed by atoms with Crippen molar-refractivity contribution in [2.45, 2.75) is 33.3 Å². The third-order valence-electron chi connectivity index (χ3n) is 3.94. The van der Waals surface area contributed by atoms with Crippen LogP contribution in [0.25, 0.3) is 5.69 Å². The Morgan fingerprint density at radius 3 is 2.68 bits per heavy atom. The third-order valence-corrected chi connectivity index (χ3v) is 3.94. The highest BCUT2D eigenvalue weighted by Gasteiger charge is 2.17. The summed E-state index contributed by atoms with van der Waals surface area (Å²) in [6.45, 7) is 6.04. The van der Waals surface area contributed by atoms with Crippen LogP contribution in [-0.4, -0.2) is 33.4 Å². The van der Waals surface area contributed by atoms with E-state index >= 15 is 0 Å². The van der Waals surface area contributed by atoms with Crippen LogP contribution in [0.3, 0.4) is 0 Å². The highest BCUT2D eigenvalue weighted by molar-refractivity contribution is 5.95. The Labute approximate surface area is 131 Å². The van der Waals surface area contributed by atoms with Gasteiger partial charge in [-0.3, -0.25) is 4.79 Å². The minimum absolute atomic E-state index is 0.161. The summed E-state index contributed by atoms with van der Waals surface area (Å²) in [6, 6.07) is 9.65. The van der Waals surface area contributed by atoms with Gasteiger partial charge in [0.2, 0.25) is 0 Å². The average molecular weight is 301 g/mol. The monoisotopic (exact) mass is 301 g/mol. The van der Waals surface area contributed by atoms with E-state index in [1.54, 1.807) is 17.8 Å². The maximum atomic E-state index is 12.2. The smallest absolute Gasteiger partial charge is 0.254 e. The van der Waals surface area contributed by atoms with Gasteiger partial charge in [-0.25, -0.2) is 4.68 Å². The van der Waals surface area contributed by atoms with E-state index in [2.05, 4.69) is 10.4 Å². The molecule has 2 N–H and O–H groups in total. The fourth-order valence-electron chi connectivity index (χ4n) is 2.16. The summed E-state index contributed by atoms with van der Waals surface area (Å²) in [6.07, 6.45) is 2.07. The second-order valence-electron chi connectivity index (χ2n) is 5.57. The van der Waals surface area contributed by atoms with Crippen LogP contribution in [0.2, 0.25) is 0 Å². The van der Waals surface area contributed by atoms with Crippen LogP contribution >= 0.6 is 0 Å². The molecule has 2 aromatic rings. The molecule has 118 valence electrons. The van der Waals surface area contributed by atoms with Crippen LogP contribution in [0.1, 0.15) is 36.3 Å². The van der Waals surface area contributed by atoms with Gasteiger partial charge in [0.25, 0.3) is 5.91 Å². The van der Waals surface area contributed by atoms with E-state index in [9.17, 15) is 9.90 Å². The molecule has 1 amide bonds. The number of para-hydroxylation sites is 1. The van der Waals surface area contributed by atoms with E-state index in [4.69, 9.17) is 0 Å². The van der Waals surface area contributed by atoms with Crippen LogP contribution in [-0.2, 0) is 0 Å². The molecular formula is C17H23N3O2. The molecule has 0 bridgehead atoms. The van der Waals surface area contributed by atoms with E-state index in [-0.39, 0.29) is 18.4 Å². The standard InChI is InChI=1S/C17H23N3O2/c1-4-12(2)16(21)10-18-17(22)15-11-20(19-13(15)3)14-8-6-5-7-9-14/h5-9,11-12,16,21H,4,10H2,1-3H3,(H,18,22). The Kier molecular flexibility index (Phi) is 5.33. The van der Waals surface area contributed by atoms with Gasteiger partial charge in [-0.05, 0) is 25.0 Å². The van der Waals surface area contributed by atoms with Crippen molar-refractivity contribution in [3.8, 4) is 5.69 Å². The molecule has 1 aromatic heterocycles. The molecule has 22 heavy (non-hydrogen) atoms. The zero-order valence-electron chi connectivity index (χ0n) is 13.3. The van der Waals surface area contributed by atoms with Crippen molar-refractivity contribution >= 4 is 5.91 Å². The van der Waals surface area contributed by atoms with Gasteiger partial charge in [-0.1, -0.05) is 38.5 Å². The highest BCUT2D eigenvalue weighted by Crippen LogP contribution is 2.12. The van der Waals surface area contributed by atoms with Crippen molar-refractivity contribution < 1.29 is 9.90 Å². The number of aliphatic hydroxyl groups is 1. The lowest BCUT2D eigenvalue weighted by Gasteiger charge is -2.17. The lowest BCUT2D eigenvalue weighted by atomic mass is 10.0. The zero-order valence-corrected chi connectivity index (χ0v) is 13.3. The summed E-state index contributed by atoms with van der Waals surface area (Å²) in [5.41, 5.74) is 2.10. The van der Waals surface area contributed by atoms with Gasteiger partial charge >= 0.3 is 0 Å². The molecule has 1 heterocycles. The van der Waals surface area contributed by atoms with Gasteiger partial charge in [-0.2, -0.15) is 5.10 Å². The predicted molar refractivity (Wildman–Crippen MR) is 86.1 cm³/mol.